The number of carbonyl (C=O) groups excluding carboxylic acids is 1. The molecule has 0 saturated carbocycles. The molecule has 0 aliphatic rings. The van der Waals surface area contributed by atoms with Crippen molar-refractivity contribution in [2.45, 2.75) is 11.4 Å². The number of carbonyl (C=O) groups is 1. The molecule has 1 N–H and O–H groups in total. The van der Waals surface area contributed by atoms with E-state index in [9.17, 15) is 13.2 Å². The lowest BCUT2D eigenvalue weighted by molar-refractivity contribution is 0.220. The number of benzene rings is 1. The van der Waals surface area contributed by atoms with Crippen LogP contribution in [-0.2, 0) is 16.6 Å². The molecule has 0 radical (unpaired) electrons. The van der Waals surface area contributed by atoms with Gasteiger partial charge in [0.25, 0.3) is 0 Å². The number of urea groups is 1. The van der Waals surface area contributed by atoms with Gasteiger partial charge in [-0.15, -0.1) is 0 Å². The molecule has 0 aliphatic carbocycles. The summed E-state index contributed by atoms with van der Waals surface area (Å²) in [6.07, 6.45) is 1.21. The molecule has 1 heterocycles. The fraction of sp³-hybridized carbons (Fsp3) is 0.250. The minimum absolute atomic E-state index is 0.0581. The van der Waals surface area contributed by atoms with E-state index in [1.807, 2.05) is 12.1 Å². The molecule has 25 heavy (non-hydrogen) atoms. The molecule has 1 aromatic heterocycles. The molecular formula is C16H19ClN4O3S. The quantitative estimate of drug-likeness (QED) is 0.861. The van der Waals surface area contributed by atoms with Crippen molar-refractivity contribution in [3.63, 3.8) is 0 Å². The summed E-state index contributed by atoms with van der Waals surface area (Å²) in [5.74, 6) is 0.264. The highest BCUT2D eigenvalue weighted by Gasteiger charge is 2.18. The van der Waals surface area contributed by atoms with Gasteiger partial charge in [-0.1, -0.05) is 23.7 Å². The van der Waals surface area contributed by atoms with Crippen LogP contribution in [0.2, 0.25) is 5.02 Å². The number of rotatable bonds is 5. The van der Waals surface area contributed by atoms with E-state index in [0.717, 1.165) is 9.87 Å². The van der Waals surface area contributed by atoms with Gasteiger partial charge in [0.05, 0.1) is 0 Å². The summed E-state index contributed by atoms with van der Waals surface area (Å²) in [7, 11) is 0.973. The summed E-state index contributed by atoms with van der Waals surface area (Å²) in [5.41, 5.74) is 0.894. The van der Waals surface area contributed by atoms with Gasteiger partial charge in [-0.3, -0.25) is 5.32 Å². The van der Waals surface area contributed by atoms with Crippen molar-refractivity contribution in [3.8, 4) is 0 Å². The second-order valence-corrected chi connectivity index (χ2v) is 8.17. The molecule has 7 nitrogen and oxygen atoms in total. The lowest BCUT2D eigenvalue weighted by Crippen LogP contribution is -2.31. The van der Waals surface area contributed by atoms with Crippen LogP contribution < -0.4 is 5.32 Å². The SMILES string of the molecule is CN(Cc1cccc(Cl)c1)C(=O)Nc1ccc(S(=O)(=O)N(C)C)cn1. The zero-order valence-corrected chi connectivity index (χ0v) is 15.7. The molecule has 0 bridgehead atoms. The number of anilines is 1. The molecule has 134 valence electrons. The Kier molecular flexibility index (Phi) is 5.99. The molecule has 0 aliphatic heterocycles. The highest BCUT2D eigenvalue weighted by atomic mass is 35.5. The average Bonchev–Trinajstić information content (AvgIpc) is 2.55. The lowest BCUT2D eigenvalue weighted by atomic mass is 10.2. The molecule has 0 spiro atoms. The number of amides is 2. The Hall–Kier alpha value is -2.16. The molecule has 0 unspecified atom stereocenters. The van der Waals surface area contributed by atoms with E-state index in [2.05, 4.69) is 10.3 Å². The minimum Gasteiger partial charge on any atom is -0.323 e. The Balaban J connectivity index is 2.03. The zero-order valence-electron chi connectivity index (χ0n) is 14.1. The summed E-state index contributed by atoms with van der Waals surface area (Å²) in [5, 5.41) is 3.22. The topological polar surface area (TPSA) is 82.6 Å². The van der Waals surface area contributed by atoms with Gasteiger partial charge in [0.2, 0.25) is 10.0 Å². The molecule has 0 saturated heterocycles. The summed E-state index contributed by atoms with van der Waals surface area (Å²) < 4.78 is 25.1. The third kappa shape index (κ3) is 4.91. The third-order valence-electron chi connectivity index (χ3n) is 3.41. The van der Waals surface area contributed by atoms with E-state index >= 15 is 0 Å². The second kappa shape index (κ2) is 7.81. The van der Waals surface area contributed by atoms with Crippen LogP contribution in [0.4, 0.5) is 10.6 Å². The van der Waals surface area contributed by atoms with Crippen molar-refractivity contribution < 1.29 is 13.2 Å². The number of halogens is 1. The number of nitrogens with one attached hydrogen (secondary N) is 1. The van der Waals surface area contributed by atoms with Crippen LogP contribution in [-0.4, -0.2) is 49.8 Å². The fourth-order valence-electron chi connectivity index (χ4n) is 2.00. The van der Waals surface area contributed by atoms with Crippen molar-refractivity contribution in [3.05, 3.63) is 53.2 Å². The Morgan fingerprint density at radius 1 is 1.20 bits per heavy atom. The molecule has 0 atom stereocenters. The maximum absolute atomic E-state index is 12.2. The van der Waals surface area contributed by atoms with Crippen LogP contribution in [0.25, 0.3) is 0 Å². The molecule has 0 fully saturated rings. The largest absolute Gasteiger partial charge is 0.323 e. The van der Waals surface area contributed by atoms with Crippen LogP contribution in [0, 0.1) is 0 Å². The Morgan fingerprint density at radius 2 is 1.92 bits per heavy atom. The molecule has 2 amide bonds. The molecule has 2 rings (SSSR count). The van der Waals surface area contributed by atoms with E-state index in [1.165, 1.54) is 37.3 Å². The standard InChI is InChI=1S/C16H19ClN4O3S/c1-20(2)25(23,24)14-7-8-15(18-10-14)19-16(22)21(3)11-12-5-4-6-13(17)9-12/h4-10H,11H2,1-3H3,(H,18,19,22). The Bertz CT molecular complexity index is 854. The van der Waals surface area contributed by atoms with Crippen molar-refractivity contribution in [2.24, 2.45) is 0 Å². The van der Waals surface area contributed by atoms with Gasteiger partial charge in [-0.05, 0) is 29.8 Å². The predicted octanol–water partition coefficient (Wildman–Crippen LogP) is 2.65. The molecule has 9 heteroatoms. The van der Waals surface area contributed by atoms with Crippen LogP contribution in [0.1, 0.15) is 5.56 Å². The van der Waals surface area contributed by atoms with E-state index in [0.29, 0.717) is 11.6 Å². The highest BCUT2D eigenvalue weighted by Crippen LogP contribution is 2.15. The monoisotopic (exact) mass is 382 g/mol. The van der Waals surface area contributed by atoms with Gasteiger partial charge in [-0.25, -0.2) is 22.5 Å². The number of hydrogen-bond donors (Lipinski definition) is 1. The van der Waals surface area contributed by atoms with Gasteiger partial charge in [0.1, 0.15) is 10.7 Å². The van der Waals surface area contributed by atoms with Gasteiger partial charge in [0.15, 0.2) is 0 Å². The summed E-state index contributed by atoms with van der Waals surface area (Å²) >= 11 is 5.93. The first-order valence-electron chi connectivity index (χ1n) is 7.35. The van der Waals surface area contributed by atoms with E-state index in [-0.39, 0.29) is 16.7 Å². The average molecular weight is 383 g/mol. The van der Waals surface area contributed by atoms with Crippen LogP contribution in [0.3, 0.4) is 0 Å². The summed E-state index contributed by atoms with van der Waals surface area (Å²) in [6, 6.07) is 9.71. The summed E-state index contributed by atoms with van der Waals surface area (Å²) in [4.78, 5) is 17.7. The number of sulfonamides is 1. The number of nitrogens with zero attached hydrogens (tertiary/aromatic N) is 3. The normalized spacial score (nSPS) is 11.4. The second-order valence-electron chi connectivity index (χ2n) is 5.58. The van der Waals surface area contributed by atoms with Gasteiger partial charge in [-0.2, -0.15) is 0 Å². The fourth-order valence-corrected chi connectivity index (χ4v) is 3.06. The Labute approximate surface area is 152 Å². The molecular weight excluding hydrogens is 364 g/mol. The first kappa shape index (κ1) is 19.2. The van der Waals surface area contributed by atoms with Crippen molar-refractivity contribution >= 4 is 33.5 Å². The third-order valence-corrected chi connectivity index (χ3v) is 5.44. The van der Waals surface area contributed by atoms with Gasteiger partial charge >= 0.3 is 6.03 Å². The smallest absolute Gasteiger partial charge is 0.323 e. The van der Waals surface area contributed by atoms with Crippen molar-refractivity contribution in [2.75, 3.05) is 26.5 Å². The summed E-state index contributed by atoms with van der Waals surface area (Å²) in [6.45, 7) is 0.374. The first-order chi connectivity index (χ1) is 11.7. The van der Waals surface area contributed by atoms with Crippen molar-refractivity contribution in [1.82, 2.24) is 14.2 Å². The van der Waals surface area contributed by atoms with E-state index in [1.54, 1.807) is 19.2 Å². The van der Waals surface area contributed by atoms with Crippen molar-refractivity contribution in [1.29, 1.82) is 0 Å². The van der Waals surface area contributed by atoms with E-state index < -0.39 is 10.0 Å². The van der Waals surface area contributed by atoms with Crippen LogP contribution >= 0.6 is 11.6 Å². The minimum atomic E-state index is -3.55. The molecule has 1 aromatic carbocycles. The van der Waals surface area contributed by atoms with E-state index in [4.69, 9.17) is 11.6 Å². The van der Waals surface area contributed by atoms with Gasteiger partial charge < -0.3 is 4.90 Å². The number of hydrogen-bond acceptors (Lipinski definition) is 4. The van der Waals surface area contributed by atoms with Crippen LogP contribution in [0.15, 0.2) is 47.5 Å². The first-order valence-corrected chi connectivity index (χ1v) is 9.17. The maximum Gasteiger partial charge on any atom is 0.323 e. The lowest BCUT2D eigenvalue weighted by Gasteiger charge is -2.18. The molecule has 2 aromatic rings. The number of aromatic nitrogens is 1. The maximum atomic E-state index is 12.2. The van der Waals surface area contributed by atoms with Crippen LogP contribution in [0.5, 0.6) is 0 Å². The van der Waals surface area contributed by atoms with Gasteiger partial charge in [0, 0.05) is 38.9 Å². The highest BCUT2D eigenvalue weighted by molar-refractivity contribution is 7.89. The predicted molar refractivity (Wildman–Crippen MR) is 97.0 cm³/mol. The Morgan fingerprint density at radius 3 is 2.48 bits per heavy atom. The zero-order chi connectivity index (χ0) is 18.6. The number of pyridine rings is 1.